The van der Waals surface area contributed by atoms with E-state index in [1.165, 1.54) is 12.8 Å². The molecule has 0 bridgehead atoms. The highest BCUT2D eigenvalue weighted by Gasteiger charge is 2.24. The van der Waals surface area contributed by atoms with Gasteiger partial charge >= 0.3 is 0 Å². The number of benzene rings is 1. The van der Waals surface area contributed by atoms with Crippen LogP contribution in [-0.2, 0) is 0 Å². The molecule has 21 heavy (non-hydrogen) atoms. The van der Waals surface area contributed by atoms with Gasteiger partial charge in [-0.3, -0.25) is 9.69 Å². The van der Waals surface area contributed by atoms with E-state index in [9.17, 15) is 4.79 Å². The molecule has 0 aliphatic carbocycles. The first-order valence-electron chi connectivity index (χ1n) is 7.23. The molecule has 5 heteroatoms. The van der Waals surface area contributed by atoms with E-state index < -0.39 is 0 Å². The summed E-state index contributed by atoms with van der Waals surface area (Å²) in [5.41, 5.74) is 0.699. The molecule has 0 N–H and O–H groups in total. The maximum atomic E-state index is 12.6. The number of Topliss-reactive ketones (excluding diaryl/α,β-unsaturated/α-hetero) is 1. The minimum absolute atomic E-state index is 0. The number of nitrogens with zero attached hydrogens (tertiary/aromatic N) is 1. The third-order valence-corrected chi connectivity index (χ3v) is 3.66. The number of hydrogen-bond acceptors (Lipinski definition) is 4. The number of fused-ring (bicyclic) bond motifs is 1. The Morgan fingerprint density at radius 1 is 1.24 bits per heavy atom. The number of hydrogen-bond donors (Lipinski definition) is 0. The average Bonchev–Trinajstić information content (AvgIpc) is 2.89. The van der Waals surface area contributed by atoms with Gasteiger partial charge in [-0.05, 0) is 38.7 Å². The van der Waals surface area contributed by atoms with Gasteiger partial charge in [0.15, 0.2) is 17.3 Å². The zero-order valence-corrected chi connectivity index (χ0v) is 13.7. The van der Waals surface area contributed by atoms with Crippen LogP contribution in [0.25, 0.3) is 0 Å². The van der Waals surface area contributed by atoms with Crippen molar-refractivity contribution in [1.29, 1.82) is 0 Å². The molecule has 4 nitrogen and oxygen atoms in total. The normalized spacial score (nSPS) is 13.9. The summed E-state index contributed by atoms with van der Waals surface area (Å²) in [7, 11) is 3.92. The fourth-order valence-electron chi connectivity index (χ4n) is 2.45. The Balaban J connectivity index is 0.00000220. The molecule has 118 valence electrons. The van der Waals surface area contributed by atoms with Gasteiger partial charge in [0.2, 0.25) is 6.79 Å². The third kappa shape index (κ3) is 4.35. The number of rotatable bonds is 7. The number of carbonyl (C=O) groups is 1. The van der Waals surface area contributed by atoms with Crippen molar-refractivity contribution >= 4 is 18.2 Å². The van der Waals surface area contributed by atoms with Crippen LogP contribution in [0.15, 0.2) is 18.2 Å². The second-order valence-electron chi connectivity index (χ2n) is 5.41. The third-order valence-electron chi connectivity index (χ3n) is 3.66. The zero-order valence-electron chi connectivity index (χ0n) is 12.9. The van der Waals surface area contributed by atoms with Crippen molar-refractivity contribution in [2.24, 2.45) is 0 Å². The molecule has 0 saturated heterocycles. The van der Waals surface area contributed by atoms with Crippen LogP contribution < -0.4 is 9.47 Å². The zero-order chi connectivity index (χ0) is 14.5. The van der Waals surface area contributed by atoms with Gasteiger partial charge in [-0.2, -0.15) is 0 Å². The van der Waals surface area contributed by atoms with Crippen molar-refractivity contribution in [2.75, 3.05) is 20.9 Å². The lowest BCUT2D eigenvalue weighted by Gasteiger charge is -2.23. The quantitative estimate of drug-likeness (QED) is 0.570. The van der Waals surface area contributed by atoms with E-state index in [-0.39, 0.29) is 31.0 Å². The minimum atomic E-state index is -0.0677. The Hall–Kier alpha value is -1.26. The van der Waals surface area contributed by atoms with Crippen molar-refractivity contribution in [3.8, 4) is 11.5 Å². The van der Waals surface area contributed by atoms with Crippen LogP contribution in [0.4, 0.5) is 0 Å². The first kappa shape index (κ1) is 17.8. The maximum absolute atomic E-state index is 12.6. The molecule has 1 aromatic carbocycles. The monoisotopic (exact) mass is 313 g/mol. The smallest absolute Gasteiger partial charge is 0.231 e. The molecule has 0 aromatic heterocycles. The summed E-state index contributed by atoms with van der Waals surface area (Å²) < 4.78 is 10.6. The fourth-order valence-corrected chi connectivity index (χ4v) is 2.45. The SMILES string of the molecule is CCCCCC(C(=O)c1ccc2c(c1)OCO2)N(C)C.Cl. The first-order chi connectivity index (χ1) is 9.63. The van der Waals surface area contributed by atoms with Gasteiger partial charge in [-0.25, -0.2) is 0 Å². The fraction of sp³-hybridized carbons (Fsp3) is 0.562. The van der Waals surface area contributed by atoms with Crippen molar-refractivity contribution in [1.82, 2.24) is 4.90 Å². The van der Waals surface area contributed by atoms with Crippen LogP contribution in [-0.4, -0.2) is 37.6 Å². The Kier molecular flexibility index (Phi) is 6.99. The molecule has 2 rings (SSSR count). The molecule has 0 amide bonds. The van der Waals surface area contributed by atoms with Crippen molar-refractivity contribution in [3.63, 3.8) is 0 Å². The predicted molar refractivity (Wildman–Crippen MR) is 85.8 cm³/mol. The summed E-state index contributed by atoms with van der Waals surface area (Å²) in [4.78, 5) is 14.6. The molecular weight excluding hydrogens is 290 g/mol. The van der Waals surface area contributed by atoms with Gasteiger partial charge in [0.25, 0.3) is 0 Å². The number of unbranched alkanes of at least 4 members (excludes halogenated alkanes) is 2. The van der Waals surface area contributed by atoms with E-state index in [2.05, 4.69) is 6.92 Å². The van der Waals surface area contributed by atoms with Gasteiger partial charge in [-0.1, -0.05) is 26.2 Å². The van der Waals surface area contributed by atoms with E-state index in [1.54, 1.807) is 6.07 Å². The van der Waals surface area contributed by atoms with E-state index in [4.69, 9.17) is 9.47 Å². The van der Waals surface area contributed by atoms with Crippen LogP contribution in [0.3, 0.4) is 0 Å². The van der Waals surface area contributed by atoms with Gasteiger partial charge in [0.05, 0.1) is 6.04 Å². The summed E-state index contributed by atoms with van der Waals surface area (Å²) in [6.45, 7) is 2.41. The molecule has 1 unspecified atom stereocenters. The number of likely N-dealkylation sites (N-methyl/N-ethyl adjacent to an activating group) is 1. The Morgan fingerprint density at radius 3 is 2.62 bits per heavy atom. The molecular formula is C16H24ClNO3. The standard InChI is InChI=1S/C16H23NO3.ClH/c1-4-5-6-7-13(17(2)3)16(18)12-8-9-14-15(10-12)20-11-19-14;/h8-10,13H,4-7,11H2,1-3H3;1H. The summed E-state index contributed by atoms with van der Waals surface area (Å²) in [5.74, 6) is 1.54. The summed E-state index contributed by atoms with van der Waals surface area (Å²) in [6, 6.07) is 5.36. The highest BCUT2D eigenvalue weighted by Crippen LogP contribution is 2.33. The van der Waals surface area contributed by atoms with Gasteiger partial charge in [0, 0.05) is 5.56 Å². The molecule has 0 saturated carbocycles. The summed E-state index contributed by atoms with van der Waals surface area (Å²) >= 11 is 0. The number of halogens is 1. The average molecular weight is 314 g/mol. The highest BCUT2D eigenvalue weighted by atomic mass is 35.5. The lowest BCUT2D eigenvalue weighted by atomic mass is 9.98. The van der Waals surface area contributed by atoms with Crippen LogP contribution in [0.2, 0.25) is 0 Å². The first-order valence-corrected chi connectivity index (χ1v) is 7.23. The van der Waals surface area contributed by atoms with Crippen molar-refractivity contribution in [2.45, 2.75) is 38.6 Å². The summed E-state index contributed by atoms with van der Waals surface area (Å²) in [5, 5.41) is 0. The Labute approximate surface area is 132 Å². The molecule has 0 radical (unpaired) electrons. The second kappa shape index (κ2) is 8.25. The van der Waals surface area contributed by atoms with Crippen molar-refractivity contribution < 1.29 is 14.3 Å². The van der Waals surface area contributed by atoms with Gasteiger partial charge in [0.1, 0.15) is 0 Å². The van der Waals surface area contributed by atoms with E-state index in [0.29, 0.717) is 17.1 Å². The summed E-state index contributed by atoms with van der Waals surface area (Å²) in [6.07, 6.45) is 4.31. The maximum Gasteiger partial charge on any atom is 0.231 e. The lowest BCUT2D eigenvalue weighted by Crippen LogP contribution is -2.35. The Morgan fingerprint density at radius 2 is 1.95 bits per heavy atom. The van der Waals surface area contributed by atoms with E-state index in [1.807, 2.05) is 31.1 Å². The predicted octanol–water partition coefficient (Wildman–Crippen LogP) is 3.53. The molecule has 1 heterocycles. The molecule has 1 aliphatic heterocycles. The minimum Gasteiger partial charge on any atom is -0.454 e. The van der Waals surface area contributed by atoms with Gasteiger partial charge in [-0.15, -0.1) is 12.4 Å². The molecule has 0 fully saturated rings. The number of carbonyl (C=O) groups excluding carboxylic acids is 1. The number of ketones is 1. The van der Waals surface area contributed by atoms with Crippen molar-refractivity contribution in [3.05, 3.63) is 23.8 Å². The molecule has 0 spiro atoms. The number of ether oxygens (including phenoxy) is 2. The Bertz CT molecular complexity index is 477. The second-order valence-corrected chi connectivity index (χ2v) is 5.41. The lowest BCUT2D eigenvalue weighted by molar-refractivity contribution is 0.0863. The molecule has 1 aromatic rings. The van der Waals surface area contributed by atoms with Crippen LogP contribution in [0, 0.1) is 0 Å². The van der Waals surface area contributed by atoms with Crippen LogP contribution in [0.1, 0.15) is 43.0 Å². The van der Waals surface area contributed by atoms with Gasteiger partial charge < -0.3 is 9.47 Å². The largest absolute Gasteiger partial charge is 0.454 e. The van der Waals surface area contributed by atoms with E-state index >= 15 is 0 Å². The highest BCUT2D eigenvalue weighted by molar-refractivity contribution is 6.00. The van der Waals surface area contributed by atoms with E-state index in [0.717, 1.165) is 12.8 Å². The molecule has 1 aliphatic rings. The van der Waals surface area contributed by atoms with Crippen LogP contribution in [0.5, 0.6) is 11.5 Å². The molecule has 1 atom stereocenters. The van der Waals surface area contributed by atoms with Crippen LogP contribution >= 0.6 is 12.4 Å². The topological polar surface area (TPSA) is 38.8 Å².